The van der Waals surface area contributed by atoms with Gasteiger partial charge in [-0.1, -0.05) is 25.0 Å². The topological polar surface area (TPSA) is 66.8 Å². The van der Waals surface area contributed by atoms with Gasteiger partial charge in [0.15, 0.2) is 0 Å². The lowest BCUT2D eigenvalue weighted by molar-refractivity contribution is -0.144. The molecular weight excluding hydrogens is 294 g/mol. The largest absolute Gasteiger partial charge is 0.478 e. The number of hydrogen-bond donors (Lipinski definition) is 1. The van der Waals surface area contributed by atoms with Gasteiger partial charge in [0, 0.05) is 12.6 Å². The molecule has 0 bridgehead atoms. The number of amides is 1. The lowest BCUT2D eigenvalue weighted by Crippen LogP contribution is -2.54. The summed E-state index contributed by atoms with van der Waals surface area (Å²) in [6, 6.07) is 6.69. The van der Waals surface area contributed by atoms with E-state index in [4.69, 9.17) is 9.84 Å². The molecule has 1 saturated heterocycles. The summed E-state index contributed by atoms with van der Waals surface area (Å²) in [7, 11) is 0. The van der Waals surface area contributed by atoms with Crippen LogP contribution in [-0.4, -0.2) is 47.2 Å². The summed E-state index contributed by atoms with van der Waals surface area (Å²) in [5.41, 5.74) is 1.06. The highest BCUT2D eigenvalue weighted by atomic mass is 16.5. The van der Waals surface area contributed by atoms with Gasteiger partial charge in [-0.15, -0.1) is 0 Å². The predicted octanol–water partition coefficient (Wildman–Crippen LogP) is 2.57. The molecule has 2 unspecified atom stereocenters. The van der Waals surface area contributed by atoms with Crippen molar-refractivity contribution in [1.82, 2.24) is 4.90 Å². The zero-order valence-electron chi connectivity index (χ0n) is 13.0. The number of fused-ring (bicyclic) bond motifs is 1. The fraction of sp³-hybridized carbons (Fsp3) is 0.444. The molecule has 23 heavy (non-hydrogen) atoms. The van der Waals surface area contributed by atoms with Crippen LogP contribution in [0.4, 0.5) is 0 Å². The second-order valence-corrected chi connectivity index (χ2v) is 6.05. The van der Waals surface area contributed by atoms with E-state index in [2.05, 4.69) is 0 Å². The molecule has 1 aromatic rings. The van der Waals surface area contributed by atoms with Crippen LogP contribution < -0.4 is 0 Å². The maximum atomic E-state index is 12.5. The first-order valence-electron chi connectivity index (χ1n) is 8.09. The van der Waals surface area contributed by atoms with Crippen LogP contribution in [0.5, 0.6) is 0 Å². The van der Waals surface area contributed by atoms with Gasteiger partial charge in [-0.2, -0.15) is 0 Å². The molecule has 5 heteroatoms. The fourth-order valence-electron chi connectivity index (χ4n) is 3.37. The van der Waals surface area contributed by atoms with Crippen molar-refractivity contribution < 1.29 is 19.4 Å². The highest BCUT2D eigenvalue weighted by molar-refractivity contribution is 5.92. The van der Waals surface area contributed by atoms with Gasteiger partial charge in [-0.3, -0.25) is 4.79 Å². The average molecular weight is 315 g/mol. The Bertz CT molecular complexity index is 606. The van der Waals surface area contributed by atoms with Gasteiger partial charge in [0.05, 0.1) is 24.3 Å². The number of benzene rings is 1. The van der Waals surface area contributed by atoms with E-state index in [1.54, 1.807) is 36.4 Å². The number of carbonyl (C=O) groups is 2. The molecule has 1 amide bonds. The lowest BCUT2D eigenvalue weighted by atomic mass is 9.90. The van der Waals surface area contributed by atoms with Gasteiger partial charge >= 0.3 is 5.97 Å². The molecule has 1 heterocycles. The van der Waals surface area contributed by atoms with Crippen molar-refractivity contribution in [2.45, 2.75) is 37.8 Å². The molecule has 3 rings (SSSR count). The minimum absolute atomic E-state index is 0.00695. The van der Waals surface area contributed by atoms with Crippen molar-refractivity contribution in [2.75, 3.05) is 13.2 Å². The van der Waals surface area contributed by atoms with Gasteiger partial charge in [-0.05, 0) is 36.6 Å². The van der Waals surface area contributed by atoms with Crippen molar-refractivity contribution >= 4 is 18.0 Å². The van der Waals surface area contributed by atoms with E-state index in [9.17, 15) is 9.59 Å². The molecule has 0 aromatic heterocycles. The number of rotatable bonds is 3. The second kappa shape index (κ2) is 6.96. The SMILES string of the molecule is O=C(O)c1ccc(/C=C/C(=O)N2CCOC3CCCCC32)cc1. The van der Waals surface area contributed by atoms with Gasteiger partial charge in [0.2, 0.25) is 5.91 Å². The molecule has 2 fully saturated rings. The van der Waals surface area contributed by atoms with Gasteiger partial charge in [0.25, 0.3) is 0 Å². The Morgan fingerprint density at radius 1 is 1.17 bits per heavy atom. The molecule has 1 aliphatic heterocycles. The number of morpholine rings is 1. The predicted molar refractivity (Wildman–Crippen MR) is 86.1 cm³/mol. The van der Waals surface area contributed by atoms with E-state index in [1.807, 2.05) is 4.90 Å². The highest BCUT2D eigenvalue weighted by Crippen LogP contribution is 2.28. The maximum Gasteiger partial charge on any atom is 0.335 e. The van der Waals surface area contributed by atoms with Crippen molar-refractivity contribution in [3.63, 3.8) is 0 Å². The third-order valence-corrected chi connectivity index (χ3v) is 4.59. The first kappa shape index (κ1) is 15.7. The molecule has 1 N–H and O–H groups in total. The zero-order valence-corrected chi connectivity index (χ0v) is 13.0. The molecule has 2 atom stereocenters. The minimum atomic E-state index is -0.951. The molecule has 122 valence electrons. The molecular formula is C18H21NO4. The van der Waals surface area contributed by atoms with Crippen LogP contribution in [0.3, 0.4) is 0 Å². The zero-order chi connectivity index (χ0) is 16.2. The molecule has 0 radical (unpaired) electrons. The minimum Gasteiger partial charge on any atom is -0.478 e. The van der Waals surface area contributed by atoms with E-state index in [0.717, 1.165) is 24.8 Å². The number of hydrogen-bond acceptors (Lipinski definition) is 3. The molecule has 1 aliphatic carbocycles. The van der Waals surface area contributed by atoms with Crippen molar-refractivity contribution in [3.05, 3.63) is 41.5 Å². The highest BCUT2D eigenvalue weighted by Gasteiger charge is 2.35. The Kier molecular flexibility index (Phi) is 4.76. The molecule has 1 aromatic carbocycles. The third-order valence-electron chi connectivity index (χ3n) is 4.59. The van der Waals surface area contributed by atoms with Crippen LogP contribution in [0, 0.1) is 0 Å². The lowest BCUT2D eigenvalue weighted by Gasteiger charge is -2.43. The van der Waals surface area contributed by atoms with Gasteiger partial charge in [0.1, 0.15) is 0 Å². The van der Waals surface area contributed by atoms with Crippen LogP contribution in [0.1, 0.15) is 41.6 Å². The van der Waals surface area contributed by atoms with Gasteiger partial charge in [-0.25, -0.2) is 4.79 Å². The van der Waals surface area contributed by atoms with E-state index in [-0.39, 0.29) is 23.6 Å². The Morgan fingerprint density at radius 2 is 1.91 bits per heavy atom. The molecule has 0 spiro atoms. The Labute approximate surface area is 135 Å². The molecule has 1 saturated carbocycles. The smallest absolute Gasteiger partial charge is 0.335 e. The first-order valence-corrected chi connectivity index (χ1v) is 8.09. The van der Waals surface area contributed by atoms with Crippen LogP contribution in [0.25, 0.3) is 6.08 Å². The fourth-order valence-corrected chi connectivity index (χ4v) is 3.37. The van der Waals surface area contributed by atoms with E-state index in [0.29, 0.717) is 13.2 Å². The first-order chi connectivity index (χ1) is 11.1. The van der Waals surface area contributed by atoms with Crippen LogP contribution in [0.15, 0.2) is 30.3 Å². The quantitative estimate of drug-likeness (QED) is 0.871. The number of carboxylic acid groups (broad SMARTS) is 1. The summed E-state index contributed by atoms with van der Waals surface area (Å²) in [5.74, 6) is -0.944. The van der Waals surface area contributed by atoms with Crippen LogP contribution in [-0.2, 0) is 9.53 Å². The normalized spacial score (nSPS) is 24.4. The van der Waals surface area contributed by atoms with E-state index < -0.39 is 5.97 Å². The third kappa shape index (κ3) is 3.62. The molecule has 2 aliphatic rings. The summed E-state index contributed by atoms with van der Waals surface area (Å²) in [6.07, 6.45) is 7.87. The number of aromatic carboxylic acids is 1. The second-order valence-electron chi connectivity index (χ2n) is 6.05. The number of ether oxygens (including phenoxy) is 1. The van der Waals surface area contributed by atoms with E-state index >= 15 is 0 Å². The summed E-state index contributed by atoms with van der Waals surface area (Å²) in [6.45, 7) is 1.25. The number of carboxylic acids is 1. The standard InChI is InChI=1S/C18H21NO4/c20-17(10-7-13-5-8-14(9-6-13)18(21)22)19-11-12-23-16-4-2-1-3-15(16)19/h5-10,15-16H,1-4,11-12H2,(H,21,22)/b10-7+. The molecule has 5 nitrogen and oxygen atoms in total. The Morgan fingerprint density at radius 3 is 2.65 bits per heavy atom. The van der Waals surface area contributed by atoms with Gasteiger partial charge < -0.3 is 14.7 Å². The summed E-state index contributed by atoms with van der Waals surface area (Å²) < 4.78 is 5.79. The summed E-state index contributed by atoms with van der Waals surface area (Å²) in [5, 5.41) is 8.88. The average Bonchev–Trinajstić information content (AvgIpc) is 2.59. The van der Waals surface area contributed by atoms with E-state index in [1.165, 1.54) is 6.42 Å². The Balaban J connectivity index is 1.66. The van der Waals surface area contributed by atoms with Crippen molar-refractivity contribution in [2.24, 2.45) is 0 Å². The van der Waals surface area contributed by atoms with Crippen LogP contribution in [0.2, 0.25) is 0 Å². The summed E-state index contributed by atoms with van der Waals surface area (Å²) in [4.78, 5) is 25.2. The number of nitrogens with zero attached hydrogens (tertiary/aromatic N) is 1. The Hall–Kier alpha value is -2.14. The summed E-state index contributed by atoms with van der Waals surface area (Å²) >= 11 is 0. The maximum absolute atomic E-state index is 12.5. The van der Waals surface area contributed by atoms with Crippen molar-refractivity contribution in [1.29, 1.82) is 0 Å². The monoisotopic (exact) mass is 315 g/mol. The van der Waals surface area contributed by atoms with Crippen molar-refractivity contribution in [3.8, 4) is 0 Å². The van der Waals surface area contributed by atoms with Crippen LogP contribution >= 0.6 is 0 Å². The number of carbonyl (C=O) groups excluding carboxylic acids is 1.